The number of piperazine rings is 1. The number of carbonyl (C=O) groups is 4. The van der Waals surface area contributed by atoms with E-state index in [1.165, 1.54) is 11.1 Å². The summed E-state index contributed by atoms with van der Waals surface area (Å²) in [7, 11) is 1.79. The SMILES string of the molecule is C[C@@H]1CN(CCOC2CCC(N3C(=S)N(c4cnc(C#N)c(Cl)c4)C(=O)C3(C)C)CC2)C[C@H](C)N1CC(=O)Nc1cccc2c(C3CCC(=O)NC3=O)nn(C)c12.Cl. The van der Waals surface area contributed by atoms with Crippen molar-refractivity contribution in [1.29, 1.82) is 5.26 Å². The van der Waals surface area contributed by atoms with E-state index in [1.807, 2.05) is 38.1 Å². The lowest BCUT2D eigenvalue weighted by molar-refractivity contribution is -0.134. The van der Waals surface area contributed by atoms with Crippen LogP contribution in [0, 0.1) is 11.3 Å². The Kier molecular flexibility index (Phi) is 13.1. The average molecular weight is 854 g/mol. The topological polar surface area (TPSA) is 169 Å². The minimum atomic E-state index is -0.845. The number of ether oxygens (including phenoxy) is 1. The molecule has 0 spiro atoms. The van der Waals surface area contributed by atoms with Gasteiger partial charge in [-0.2, -0.15) is 10.4 Å². The number of carbonyl (C=O) groups excluding carboxylic acids is 4. The van der Waals surface area contributed by atoms with Crippen molar-refractivity contribution in [3.05, 3.63) is 46.9 Å². The van der Waals surface area contributed by atoms with Gasteiger partial charge < -0.3 is 15.0 Å². The Labute approximate surface area is 354 Å². The molecular formula is C40H50Cl2N10O5S. The molecule has 0 radical (unpaired) electrons. The molecule has 3 saturated heterocycles. The summed E-state index contributed by atoms with van der Waals surface area (Å²) in [5.41, 5.74) is 1.68. The van der Waals surface area contributed by atoms with Crippen molar-refractivity contribution in [3.8, 4) is 6.07 Å². The minimum Gasteiger partial charge on any atom is -0.377 e. The molecule has 3 atom stereocenters. The van der Waals surface area contributed by atoms with Gasteiger partial charge in [-0.05, 0) is 84.1 Å². The first-order valence-electron chi connectivity index (χ1n) is 19.6. The molecule has 7 rings (SSSR count). The van der Waals surface area contributed by atoms with Crippen LogP contribution in [0.1, 0.15) is 83.5 Å². The highest BCUT2D eigenvalue weighted by atomic mass is 35.5. The van der Waals surface area contributed by atoms with Crippen molar-refractivity contribution in [2.24, 2.45) is 7.05 Å². The molecule has 4 amide bonds. The summed E-state index contributed by atoms with van der Waals surface area (Å²) in [4.78, 5) is 63.7. The van der Waals surface area contributed by atoms with Gasteiger partial charge >= 0.3 is 0 Å². The number of amides is 4. The van der Waals surface area contributed by atoms with Crippen LogP contribution in [-0.2, 0) is 31.0 Å². The molecule has 310 valence electrons. The molecule has 4 fully saturated rings. The number of imide groups is 1. The van der Waals surface area contributed by atoms with Crippen molar-refractivity contribution < 1.29 is 23.9 Å². The molecule has 1 aromatic carbocycles. The Balaban J connectivity index is 0.00000567. The number of pyridine rings is 1. The number of aryl methyl sites for hydroxylation is 1. The zero-order chi connectivity index (χ0) is 40.8. The average Bonchev–Trinajstić information content (AvgIpc) is 3.58. The predicted molar refractivity (Wildman–Crippen MR) is 226 cm³/mol. The van der Waals surface area contributed by atoms with Crippen LogP contribution in [0.3, 0.4) is 0 Å². The summed E-state index contributed by atoms with van der Waals surface area (Å²) in [6.45, 7) is 11.3. The largest absolute Gasteiger partial charge is 0.377 e. The summed E-state index contributed by atoms with van der Waals surface area (Å²) in [6, 6.07) is 9.48. The lowest BCUT2D eigenvalue weighted by atomic mass is 9.89. The highest BCUT2D eigenvalue weighted by Gasteiger charge is 2.52. The number of halogens is 2. The highest BCUT2D eigenvalue weighted by Crippen LogP contribution is 2.39. The van der Waals surface area contributed by atoms with Crippen molar-refractivity contribution in [3.63, 3.8) is 0 Å². The first kappa shape index (κ1) is 43.3. The van der Waals surface area contributed by atoms with Gasteiger partial charge in [0, 0.05) is 56.6 Å². The number of fused-ring (bicyclic) bond motifs is 1. The summed E-state index contributed by atoms with van der Waals surface area (Å²) < 4.78 is 8.09. The summed E-state index contributed by atoms with van der Waals surface area (Å²) >= 11 is 12.1. The van der Waals surface area contributed by atoms with Crippen LogP contribution in [-0.4, -0.2) is 121 Å². The van der Waals surface area contributed by atoms with Crippen LogP contribution in [0.15, 0.2) is 30.5 Å². The van der Waals surface area contributed by atoms with Gasteiger partial charge in [0.25, 0.3) is 5.91 Å². The molecule has 15 nitrogen and oxygen atoms in total. The maximum atomic E-state index is 13.6. The minimum absolute atomic E-state index is 0. The Morgan fingerprint density at radius 1 is 1.12 bits per heavy atom. The molecular weight excluding hydrogens is 803 g/mol. The predicted octanol–water partition coefficient (Wildman–Crippen LogP) is 4.51. The van der Waals surface area contributed by atoms with E-state index in [2.05, 4.69) is 49.3 Å². The number of benzene rings is 1. The van der Waals surface area contributed by atoms with Crippen molar-refractivity contribution in [2.45, 2.75) is 102 Å². The van der Waals surface area contributed by atoms with Gasteiger partial charge in [-0.15, -0.1) is 12.4 Å². The van der Waals surface area contributed by atoms with Gasteiger partial charge in [0.15, 0.2) is 10.8 Å². The second-order valence-corrected chi connectivity index (χ2v) is 17.0. The number of anilines is 2. The van der Waals surface area contributed by atoms with E-state index in [9.17, 15) is 24.4 Å². The first-order valence-corrected chi connectivity index (χ1v) is 20.4. The van der Waals surface area contributed by atoms with Crippen LogP contribution in [0.4, 0.5) is 11.4 Å². The van der Waals surface area contributed by atoms with Gasteiger partial charge in [-0.1, -0.05) is 23.7 Å². The zero-order valence-corrected chi connectivity index (χ0v) is 35.8. The van der Waals surface area contributed by atoms with Crippen LogP contribution in [0.25, 0.3) is 10.9 Å². The Hall–Kier alpha value is -4.24. The number of thiocarbonyl (C=S) groups is 1. The number of nitriles is 1. The molecule has 1 unspecified atom stereocenters. The quantitative estimate of drug-likeness (QED) is 0.217. The fourth-order valence-corrected chi connectivity index (χ4v) is 9.86. The summed E-state index contributed by atoms with van der Waals surface area (Å²) in [5, 5.41) is 20.8. The van der Waals surface area contributed by atoms with Gasteiger partial charge in [0.2, 0.25) is 17.7 Å². The normalized spacial score (nSPS) is 25.4. The number of aromatic nitrogens is 3. The van der Waals surface area contributed by atoms with Crippen molar-refractivity contribution in [1.82, 2.24) is 34.8 Å². The molecule has 1 aliphatic carbocycles. The molecule has 5 heterocycles. The molecule has 2 aromatic heterocycles. The number of nitrogens with one attached hydrogen (secondary N) is 2. The number of piperidine rings is 1. The van der Waals surface area contributed by atoms with Crippen molar-refractivity contribution in [2.75, 3.05) is 43.0 Å². The Bertz CT molecular complexity index is 2140. The van der Waals surface area contributed by atoms with Gasteiger partial charge in [0.05, 0.1) is 59.0 Å². The third-order valence-corrected chi connectivity index (χ3v) is 12.6. The smallest absolute Gasteiger partial charge is 0.258 e. The number of hydrogen-bond donors (Lipinski definition) is 2. The molecule has 2 N–H and O–H groups in total. The monoisotopic (exact) mass is 852 g/mol. The van der Waals surface area contributed by atoms with Crippen LogP contribution >= 0.6 is 36.2 Å². The number of rotatable bonds is 10. The van der Waals surface area contributed by atoms with Crippen molar-refractivity contribution >= 4 is 87.2 Å². The Morgan fingerprint density at radius 3 is 2.48 bits per heavy atom. The van der Waals surface area contributed by atoms with Gasteiger partial charge in [0.1, 0.15) is 11.6 Å². The standard InChI is InChI=1S/C40H49ClN10O5S.ClH/c1-23-20-48(15-16-56-27-11-9-25(10-12-27)51-39(57)50(38(55)40(51,3)4)26-17-30(41)32(18-42)43-19-26)21-24(2)49(23)22-34(53)44-31-8-6-7-28-35(46-47(5)36(28)31)29-13-14-33(52)45-37(29)54;/h6-8,17,19,23-25,27,29H,9-16,20-22H2,1-5H3,(H,44,53)(H,45,52,54);1H/t23-,24+,25?,27?,29?;. The molecule has 3 aliphatic heterocycles. The lowest BCUT2D eigenvalue weighted by Crippen LogP contribution is -2.58. The first-order chi connectivity index (χ1) is 27.2. The lowest BCUT2D eigenvalue weighted by Gasteiger charge is -2.44. The second kappa shape index (κ2) is 17.5. The number of para-hydroxylation sites is 1. The Morgan fingerprint density at radius 2 is 1.83 bits per heavy atom. The molecule has 3 aromatic rings. The van der Waals surface area contributed by atoms with Gasteiger partial charge in [-0.25, -0.2) is 4.98 Å². The van der Waals surface area contributed by atoms with Crippen LogP contribution < -0.4 is 15.5 Å². The number of hydrogen-bond acceptors (Lipinski definition) is 11. The molecule has 4 aliphatic rings. The van der Waals surface area contributed by atoms with Gasteiger partial charge in [-0.3, -0.25) is 43.9 Å². The number of nitrogens with zero attached hydrogens (tertiary/aromatic N) is 8. The summed E-state index contributed by atoms with van der Waals surface area (Å²) in [6.07, 6.45) is 5.65. The third kappa shape index (κ3) is 8.43. The molecule has 58 heavy (non-hydrogen) atoms. The van der Waals surface area contributed by atoms with E-state index in [0.29, 0.717) is 35.2 Å². The zero-order valence-electron chi connectivity index (χ0n) is 33.4. The molecule has 1 saturated carbocycles. The van der Waals surface area contributed by atoms with Crippen LogP contribution in [0.2, 0.25) is 5.02 Å². The maximum absolute atomic E-state index is 13.6. The molecule has 0 bridgehead atoms. The van der Waals surface area contributed by atoms with Crippen LogP contribution in [0.5, 0.6) is 0 Å². The fraction of sp³-hybridized carbons (Fsp3) is 0.550. The van der Waals surface area contributed by atoms with E-state index in [1.54, 1.807) is 17.8 Å². The van der Waals surface area contributed by atoms with E-state index in [-0.39, 0.29) is 83.9 Å². The highest BCUT2D eigenvalue weighted by molar-refractivity contribution is 7.80. The van der Waals surface area contributed by atoms with E-state index < -0.39 is 11.5 Å². The third-order valence-electron chi connectivity index (χ3n) is 11.9. The summed E-state index contributed by atoms with van der Waals surface area (Å²) in [5.74, 6) is -1.41. The van der Waals surface area contributed by atoms with E-state index >= 15 is 0 Å². The second-order valence-electron chi connectivity index (χ2n) is 16.2. The maximum Gasteiger partial charge on any atom is 0.258 e. The van der Waals surface area contributed by atoms with E-state index in [0.717, 1.165) is 56.2 Å². The van der Waals surface area contributed by atoms with E-state index in [4.69, 9.17) is 28.6 Å². The fourth-order valence-electron chi connectivity index (χ4n) is 9.09. The molecule has 18 heteroatoms.